The third-order valence-corrected chi connectivity index (χ3v) is 8.73. The Morgan fingerprint density at radius 1 is 1.15 bits per heavy atom. The Morgan fingerprint density at radius 3 is 2.40 bits per heavy atom. The predicted molar refractivity (Wildman–Crippen MR) is 89.8 cm³/mol. The number of aromatic nitrogens is 1. The lowest BCUT2D eigenvalue weighted by molar-refractivity contribution is 0.248. The topological polar surface area (TPSA) is 31.4 Å². The van der Waals surface area contributed by atoms with Crippen molar-refractivity contribution >= 4 is 24.2 Å². The third kappa shape index (κ3) is 5.93. The van der Waals surface area contributed by atoms with Gasteiger partial charge in [-0.1, -0.05) is 26.8 Å². The lowest BCUT2D eigenvalue weighted by Gasteiger charge is -2.36. The zero-order valence-corrected chi connectivity index (χ0v) is 15.8. The quantitative estimate of drug-likeness (QED) is 0.388. The van der Waals surface area contributed by atoms with Gasteiger partial charge in [0.2, 0.25) is 5.88 Å². The van der Waals surface area contributed by atoms with E-state index in [1.54, 1.807) is 0 Å². The molecule has 1 aromatic rings. The molecule has 0 saturated carbocycles. The molecule has 0 atom stereocenters. The molecule has 0 bridgehead atoms. The number of ether oxygens (including phenoxy) is 1. The first kappa shape index (κ1) is 17.7. The average molecular weight is 360 g/mol. The second-order valence-electron chi connectivity index (χ2n) is 6.46. The fraction of sp³-hybridized carbons (Fsp3) is 0.667. The molecule has 0 radical (unpaired) electrons. The molecule has 0 aliphatic carbocycles. The molecule has 0 spiro atoms. The molecule has 0 N–H and O–H groups in total. The molecule has 0 aliphatic heterocycles. The zero-order valence-electron chi connectivity index (χ0n) is 13.2. The first-order chi connectivity index (χ1) is 9.22. The van der Waals surface area contributed by atoms with Gasteiger partial charge in [-0.25, -0.2) is 4.98 Å². The number of pyridine rings is 1. The molecule has 0 aromatic carbocycles. The number of hydrogen-bond acceptors (Lipinski definition) is 3. The van der Waals surface area contributed by atoms with Crippen LogP contribution in [0.1, 0.15) is 33.6 Å². The lowest BCUT2D eigenvalue weighted by atomic mass is 10.2. The van der Waals surface area contributed by atoms with Crippen LogP contribution in [0.15, 0.2) is 22.8 Å². The summed E-state index contributed by atoms with van der Waals surface area (Å²) in [6.07, 6.45) is 2.02. The summed E-state index contributed by atoms with van der Waals surface area (Å²) in [6.45, 7) is 12.9. The van der Waals surface area contributed by atoms with E-state index in [0.29, 0.717) is 12.5 Å². The highest BCUT2D eigenvalue weighted by atomic mass is 79.9. The van der Waals surface area contributed by atoms with Crippen LogP contribution in [0.2, 0.25) is 18.1 Å². The summed E-state index contributed by atoms with van der Waals surface area (Å²) in [5.41, 5.74) is 0. The highest BCUT2D eigenvalue weighted by Crippen LogP contribution is 2.36. The summed E-state index contributed by atoms with van der Waals surface area (Å²) in [5, 5.41) is 0.281. The molecule has 5 heteroatoms. The number of hydrogen-bond donors (Lipinski definition) is 0. The van der Waals surface area contributed by atoms with E-state index in [2.05, 4.69) is 54.8 Å². The van der Waals surface area contributed by atoms with Gasteiger partial charge in [0.25, 0.3) is 0 Å². The summed E-state index contributed by atoms with van der Waals surface area (Å²) in [7, 11) is -1.60. The maximum absolute atomic E-state index is 6.13. The largest absolute Gasteiger partial charge is 0.478 e. The van der Waals surface area contributed by atoms with Crippen LogP contribution >= 0.6 is 15.9 Å². The van der Waals surface area contributed by atoms with Crippen molar-refractivity contribution < 1.29 is 9.16 Å². The number of nitrogens with zero attached hydrogens (tertiary/aromatic N) is 1. The molecule has 0 aliphatic rings. The summed E-state index contributed by atoms with van der Waals surface area (Å²) < 4.78 is 12.5. The van der Waals surface area contributed by atoms with Crippen molar-refractivity contribution in [1.82, 2.24) is 4.98 Å². The molecule has 1 rings (SSSR count). The number of unbranched alkanes of at least 4 members (excludes halogenated alkanes) is 1. The maximum Gasteiger partial charge on any atom is 0.214 e. The second-order valence-corrected chi connectivity index (χ2v) is 12.1. The van der Waals surface area contributed by atoms with Crippen molar-refractivity contribution in [2.75, 3.05) is 13.2 Å². The average Bonchev–Trinajstić information content (AvgIpc) is 2.32. The van der Waals surface area contributed by atoms with E-state index < -0.39 is 8.32 Å². The molecule has 3 nitrogen and oxygen atoms in total. The van der Waals surface area contributed by atoms with Gasteiger partial charge in [0.1, 0.15) is 4.60 Å². The number of halogens is 1. The van der Waals surface area contributed by atoms with Gasteiger partial charge in [0, 0.05) is 12.7 Å². The van der Waals surface area contributed by atoms with Crippen LogP contribution in [-0.2, 0) is 4.43 Å². The molecular formula is C15H26BrNO2Si. The standard InChI is InChI=1S/C15H26BrNO2Si/c1-15(2,3)20(4,5)19-12-7-6-11-18-14-10-8-9-13(16)17-14/h8-10H,6-7,11-12H2,1-5H3. The molecule has 20 heavy (non-hydrogen) atoms. The molecular weight excluding hydrogens is 334 g/mol. The van der Waals surface area contributed by atoms with Crippen molar-refractivity contribution in [3.8, 4) is 5.88 Å². The smallest absolute Gasteiger partial charge is 0.214 e. The van der Waals surface area contributed by atoms with Gasteiger partial charge in [0.15, 0.2) is 8.32 Å². The van der Waals surface area contributed by atoms with Crippen LogP contribution in [0.3, 0.4) is 0 Å². The fourth-order valence-electron chi connectivity index (χ4n) is 1.39. The molecule has 0 saturated heterocycles. The Bertz CT molecular complexity index is 419. The minimum absolute atomic E-state index is 0.281. The van der Waals surface area contributed by atoms with Crippen LogP contribution in [0, 0.1) is 0 Å². The van der Waals surface area contributed by atoms with Crippen molar-refractivity contribution in [2.45, 2.75) is 51.7 Å². The van der Waals surface area contributed by atoms with Gasteiger partial charge in [-0.05, 0) is 53.0 Å². The highest BCUT2D eigenvalue weighted by molar-refractivity contribution is 9.10. The van der Waals surface area contributed by atoms with Crippen molar-refractivity contribution in [2.24, 2.45) is 0 Å². The monoisotopic (exact) mass is 359 g/mol. The SMILES string of the molecule is CC(C)(C)[Si](C)(C)OCCCCOc1cccc(Br)n1. The minimum atomic E-state index is -1.60. The Hall–Kier alpha value is -0.393. The Labute approximate surface area is 132 Å². The summed E-state index contributed by atoms with van der Waals surface area (Å²) >= 11 is 3.33. The predicted octanol–water partition coefficient (Wildman–Crippen LogP) is 5.02. The van der Waals surface area contributed by atoms with Gasteiger partial charge in [-0.2, -0.15) is 0 Å². The number of rotatable bonds is 7. The molecule has 0 fully saturated rings. The normalized spacial score (nSPS) is 12.5. The zero-order chi connectivity index (χ0) is 15.2. The first-order valence-electron chi connectivity index (χ1n) is 7.12. The van der Waals surface area contributed by atoms with Crippen molar-refractivity contribution in [3.05, 3.63) is 22.8 Å². The van der Waals surface area contributed by atoms with Crippen LogP contribution in [0.4, 0.5) is 0 Å². The third-order valence-electron chi connectivity index (χ3n) is 3.75. The van der Waals surface area contributed by atoms with Gasteiger partial charge in [-0.15, -0.1) is 0 Å². The first-order valence-corrected chi connectivity index (χ1v) is 10.8. The Morgan fingerprint density at radius 2 is 1.80 bits per heavy atom. The van der Waals surface area contributed by atoms with E-state index >= 15 is 0 Å². The van der Waals surface area contributed by atoms with E-state index in [-0.39, 0.29) is 5.04 Å². The van der Waals surface area contributed by atoms with Crippen LogP contribution in [0.5, 0.6) is 5.88 Å². The van der Waals surface area contributed by atoms with Gasteiger partial charge in [-0.3, -0.25) is 0 Å². The molecule has 1 aromatic heterocycles. The lowest BCUT2D eigenvalue weighted by Crippen LogP contribution is -2.41. The Balaban J connectivity index is 2.17. The summed E-state index contributed by atoms with van der Waals surface area (Å²) in [5.74, 6) is 0.671. The van der Waals surface area contributed by atoms with E-state index in [4.69, 9.17) is 9.16 Å². The summed E-state index contributed by atoms with van der Waals surface area (Å²) in [4.78, 5) is 4.23. The van der Waals surface area contributed by atoms with E-state index in [9.17, 15) is 0 Å². The van der Waals surface area contributed by atoms with Crippen LogP contribution < -0.4 is 4.74 Å². The second kappa shape index (κ2) is 7.57. The van der Waals surface area contributed by atoms with E-state index in [1.165, 1.54) is 0 Å². The van der Waals surface area contributed by atoms with E-state index in [0.717, 1.165) is 24.1 Å². The van der Waals surface area contributed by atoms with Crippen LogP contribution in [-0.4, -0.2) is 26.5 Å². The molecule has 114 valence electrons. The maximum atomic E-state index is 6.13. The highest BCUT2D eigenvalue weighted by Gasteiger charge is 2.36. The van der Waals surface area contributed by atoms with Gasteiger partial charge in [0.05, 0.1) is 6.61 Å². The van der Waals surface area contributed by atoms with Gasteiger partial charge < -0.3 is 9.16 Å². The Kier molecular flexibility index (Phi) is 6.68. The molecule has 0 amide bonds. The fourth-order valence-corrected chi connectivity index (χ4v) is 2.81. The molecule has 1 heterocycles. The van der Waals surface area contributed by atoms with Crippen LogP contribution in [0.25, 0.3) is 0 Å². The van der Waals surface area contributed by atoms with Crippen molar-refractivity contribution in [3.63, 3.8) is 0 Å². The van der Waals surface area contributed by atoms with E-state index in [1.807, 2.05) is 18.2 Å². The summed E-state index contributed by atoms with van der Waals surface area (Å²) in [6, 6.07) is 5.68. The van der Waals surface area contributed by atoms with Crippen molar-refractivity contribution in [1.29, 1.82) is 0 Å². The molecule has 0 unspecified atom stereocenters. The minimum Gasteiger partial charge on any atom is -0.478 e. The van der Waals surface area contributed by atoms with Gasteiger partial charge >= 0.3 is 0 Å².